The SMILES string of the molecule is COc1ccc([C@@H](Cc2ccccc2)N(c2ccc(N)c(C(C)O)c2F)S(C)(=O)=O)cc1OC. The molecule has 7 nitrogen and oxygen atoms in total. The van der Waals surface area contributed by atoms with Gasteiger partial charge in [-0.25, -0.2) is 12.8 Å². The molecule has 1 unspecified atom stereocenters. The van der Waals surface area contributed by atoms with Crippen LogP contribution in [0.5, 0.6) is 11.5 Å². The number of ether oxygens (including phenoxy) is 2. The van der Waals surface area contributed by atoms with E-state index in [1.807, 2.05) is 30.3 Å². The van der Waals surface area contributed by atoms with Crippen LogP contribution >= 0.6 is 0 Å². The van der Waals surface area contributed by atoms with E-state index in [1.54, 1.807) is 18.2 Å². The van der Waals surface area contributed by atoms with E-state index >= 15 is 4.39 Å². The van der Waals surface area contributed by atoms with Crippen LogP contribution in [0.3, 0.4) is 0 Å². The van der Waals surface area contributed by atoms with Crippen molar-refractivity contribution in [2.24, 2.45) is 0 Å². The van der Waals surface area contributed by atoms with Gasteiger partial charge in [0, 0.05) is 11.3 Å². The van der Waals surface area contributed by atoms with Gasteiger partial charge in [-0.15, -0.1) is 0 Å². The smallest absolute Gasteiger partial charge is 0.232 e. The van der Waals surface area contributed by atoms with Crippen LogP contribution in [0.2, 0.25) is 0 Å². The van der Waals surface area contributed by atoms with Gasteiger partial charge in [0.05, 0.1) is 38.3 Å². The molecular weight excluding hydrogens is 459 g/mol. The number of methoxy groups -OCH3 is 2. The second-order valence-corrected chi connectivity index (χ2v) is 9.82. The Morgan fingerprint density at radius 3 is 2.24 bits per heavy atom. The fourth-order valence-corrected chi connectivity index (χ4v) is 5.16. The normalized spacial score (nSPS) is 13.2. The van der Waals surface area contributed by atoms with Gasteiger partial charge in [0.15, 0.2) is 17.3 Å². The quantitative estimate of drug-likeness (QED) is 0.437. The van der Waals surface area contributed by atoms with Crippen LogP contribution in [0, 0.1) is 5.82 Å². The van der Waals surface area contributed by atoms with E-state index in [9.17, 15) is 13.5 Å². The molecule has 34 heavy (non-hydrogen) atoms. The molecule has 0 saturated carbocycles. The van der Waals surface area contributed by atoms with Crippen LogP contribution in [-0.4, -0.2) is 34.0 Å². The second kappa shape index (κ2) is 10.3. The number of nitrogens with zero attached hydrogens (tertiary/aromatic N) is 1. The molecule has 0 fully saturated rings. The summed E-state index contributed by atoms with van der Waals surface area (Å²) in [5, 5.41) is 10.1. The van der Waals surface area contributed by atoms with Crippen LogP contribution in [0.15, 0.2) is 60.7 Å². The van der Waals surface area contributed by atoms with E-state index in [-0.39, 0.29) is 23.4 Å². The summed E-state index contributed by atoms with van der Waals surface area (Å²) in [5.41, 5.74) is 6.98. The monoisotopic (exact) mass is 488 g/mol. The van der Waals surface area contributed by atoms with Gasteiger partial charge in [0.2, 0.25) is 10.0 Å². The Bertz CT molecular complexity index is 1250. The number of hydrogen-bond donors (Lipinski definition) is 2. The van der Waals surface area contributed by atoms with Gasteiger partial charge in [0.25, 0.3) is 0 Å². The van der Waals surface area contributed by atoms with Crippen molar-refractivity contribution in [1.29, 1.82) is 0 Å². The Morgan fingerprint density at radius 2 is 1.68 bits per heavy atom. The molecule has 0 aromatic heterocycles. The number of benzene rings is 3. The summed E-state index contributed by atoms with van der Waals surface area (Å²) in [6, 6.07) is 16.2. The van der Waals surface area contributed by atoms with Crippen LogP contribution < -0.4 is 19.5 Å². The topological polar surface area (TPSA) is 102 Å². The number of sulfonamides is 1. The molecule has 0 aliphatic heterocycles. The summed E-state index contributed by atoms with van der Waals surface area (Å²) in [7, 11) is -1.01. The lowest BCUT2D eigenvalue weighted by Gasteiger charge is -2.33. The Morgan fingerprint density at radius 1 is 1.03 bits per heavy atom. The van der Waals surface area contributed by atoms with Gasteiger partial charge in [-0.1, -0.05) is 36.4 Å². The molecule has 0 amide bonds. The van der Waals surface area contributed by atoms with E-state index in [4.69, 9.17) is 15.2 Å². The second-order valence-electron chi connectivity index (χ2n) is 7.96. The molecule has 0 saturated heterocycles. The van der Waals surface area contributed by atoms with Gasteiger partial charge in [0.1, 0.15) is 0 Å². The highest BCUT2D eigenvalue weighted by molar-refractivity contribution is 7.92. The summed E-state index contributed by atoms with van der Waals surface area (Å²) in [6.45, 7) is 1.37. The molecule has 3 N–H and O–H groups in total. The van der Waals surface area contributed by atoms with Crippen molar-refractivity contribution in [3.05, 3.63) is 83.2 Å². The van der Waals surface area contributed by atoms with Crippen molar-refractivity contribution in [2.45, 2.75) is 25.5 Å². The van der Waals surface area contributed by atoms with Crippen LogP contribution in [0.1, 0.15) is 35.8 Å². The number of rotatable bonds is 9. The maximum atomic E-state index is 15.7. The maximum absolute atomic E-state index is 15.7. The molecule has 0 spiro atoms. The first-order valence-corrected chi connectivity index (χ1v) is 12.4. The van der Waals surface area contributed by atoms with E-state index in [1.165, 1.54) is 33.3 Å². The number of nitrogens with two attached hydrogens (primary N) is 1. The Labute approximate surface area is 199 Å². The van der Waals surface area contributed by atoms with Gasteiger partial charge in [-0.3, -0.25) is 4.31 Å². The highest BCUT2D eigenvalue weighted by Crippen LogP contribution is 2.40. The van der Waals surface area contributed by atoms with Crippen molar-refractivity contribution in [1.82, 2.24) is 0 Å². The minimum absolute atomic E-state index is 0.0374. The zero-order chi connectivity index (χ0) is 25.0. The van der Waals surface area contributed by atoms with Gasteiger partial charge >= 0.3 is 0 Å². The molecule has 0 heterocycles. The van der Waals surface area contributed by atoms with Gasteiger partial charge < -0.3 is 20.3 Å². The third-order valence-electron chi connectivity index (χ3n) is 5.55. The molecule has 9 heteroatoms. The van der Waals surface area contributed by atoms with Crippen molar-refractivity contribution < 1.29 is 27.4 Å². The largest absolute Gasteiger partial charge is 0.493 e. The first-order chi connectivity index (χ1) is 16.1. The van der Waals surface area contributed by atoms with Crippen LogP contribution in [-0.2, 0) is 16.4 Å². The van der Waals surface area contributed by atoms with Crippen molar-refractivity contribution >= 4 is 21.4 Å². The fraction of sp³-hybridized carbons (Fsp3) is 0.280. The molecule has 3 aromatic carbocycles. The number of nitrogen functional groups attached to an aromatic ring is 1. The van der Waals surface area contributed by atoms with Gasteiger partial charge in [-0.05, 0) is 48.7 Å². The summed E-state index contributed by atoms with van der Waals surface area (Å²) in [5.74, 6) is -0.00130. The zero-order valence-electron chi connectivity index (χ0n) is 19.5. The minimum atomic E-state index is -4.00. The predicted molar refractivity (Wildman–Crippen MR) is 131 cm³/mol. The fourth-order valence-electron chi connectivity index (χ4n) is 4.00. The summed E-state index contributed by atoms with van der Waals surface area (Å²) >= 11 is 0. The first-order valence-electron chi connectivity index (χ1n) is 10.6. The summed E-state index contributed by atoms with van der Waals surface area (Å²) in [6.07, 6.45) is 0.0379. The van der Waals surface area contributed by atoms with Crippen LogP contribution in [0.4, 0.5) is 15.8 Å². The lowest BCUT2D eigenvalue weighted by atomic mass is 9.97. The van der Waals surface area contributed by atoms with Crippen molar-refractivity contribution in [3.8, 4) is 11.5 Å². The average molecular weight is 489 g/mol. The number of aliphatic hydroxyl groups excluding tert-OH is 1. The predicted octanol–water partition coefficient (Wildman–Crippen LogP) is 4.23. The summed E-state index contributed by atoms with van der Waals surface area (Å²) < 4.78 is 53.7. The molecule has 0 radical (unpaired) electrons. The van der Waals surface area contributed by atoms with Gasteiger partial charge in [-0.2, -0.15) is 0 Å². The molecule has 2 atom stereocenters. The molecule has 0 aliphatic carbocycles. The molecule has 3 aromatic rings. The third-order valence-corrected chi connectivity index (χ3v) is 6.72. The zero-order valence-corrected chi connectivity index (χ0v) is 20.3. The Kier molecular flexibility index (Phi) is 7.68. The van der Waals surface area contributed by atoms with Crippen LogP contribution in [0.25, 0.3) is 0 Å². The molecular formula is C25H29FN2O5S. The third kappa shape index (κ3) is 5.26. The average Bonchev–Trinajstić information content (AvgIpc) is 2.79. The number of anilines is 2. The lowest BCUT2D eigenvalue weighted by molar-refractivity contribution is 0.195. The molecule has 0 bridgehead atoms. The van der Waals surface area contributed by atoms with E-state index in [0.29, 0.717) is 17.1 Å². The van der Waals surface area contributed by atoms with E-state index in [2.05, 4.69) is 0 Å². The Balaban J connectivity index is 2.28. The standard InChI is InChI=1S/C25H29FN2O5S/c1-16(29)24-19(27)11-12-20(25(24)26)28(34(4,30)31)21(14-17-8-6-5-7-9-17)18-10-13-22(32-2)23(15-18)33-3/h5-13,15-16,21,29H,14,27H2,1-4H3/t16?,21-/m1/s1. The highest BCUT2D eigenvalue weighted by Gasteiger charge is 2.33. The molecule has 182 valence electrons. The number of aliphatic hydroxyl groups is 1. The van der Waals surface area contributed by atoms with E-state index < -0.39 is 28.0 Å². The van der Waals surface area contributed by atoms with E-state index in [0.717, 1.165) is 16.1 Å². The Hall–Kier alpha value is -3.30. The lowest BCUT2D eigenvalue weighted by Crippen LogP contribution is -2.36. The van der Waals surface area contributed by atoms with Crippen molar-refractivity contribution in [2.75, 3.05) is 30.5 Å². The number of halogens is 1. The number of hydrogen-bond acceptors (Lipinski definition) is 6. The first kappa shape index (κ1) is 25.3. The summed E-state index contributed by atoms with van der Waals surface area (Å²) in [4.78, 5) is 0. The maximum Gasteiger partial charge on any atom is 0.232 e. The molecule has 3 rings (SSSR count). The highest BCUT2D eigenvalue weighted by atomic mass is 32.2. The molecule has 0 aliphatic rings. The minimum Gasteiger partial charge on any atom is -0.493 e. The van der Waals surface area contributed by atoms with Crippen molar-refractivity contribution in [3.63, 3.8) is 0 Å².